The van der Waals surface area contributed by atoms with Gasteiger partial charge in [-0.15, -0.1) is 0 Å². The predicted octanol–water partition coefficient (Wildman–Crippen LogP) is 0.243. The van der Waals surface area contributed by atoms with Gasteiger partial charge in [-0.2, -0.15) is 0 Å². The van der Waals surface area contributed by atoms with Gasteiger partial charge in [-0.25, -0.2) is 0 Å². The second-order valence-electron chi connectivity index (χ2n) is 3.51. The van der Waals surface area contributed by atoms with Crippen LogP contribution >= 0.6 is 0 Å². The molecule has 4 nitrogen and oxygen atoms in total. The quantitative estimate of drug-likeness (QED) is 0.606. The third-order valence-electron chi connectivity index (χ3n) is 1.84. The number of Topliss-reactive ketones (excluding diaryl/α,β-unsaturated/α-hetero) is 1. The minimum absolute atomic E-state index is 0.111. The lowest BCUT2D eigenvalue weighted by atomic mass is 10.0. The summed E-state index contributed by atoms with van der Waals surface area (Å²) in [5, 5.41) is 12.0. The monoisotopic (exact) mass is 187 g/mol. The Morgan fingerprint density at radius 1 is 1.46 bits per heavy atom. The van der Waals surface area contributed by atoms with Crippen LogP contribution in [-0.4, -0.2) is 28.9 Å². The van der Waals surface area contributed by atoms with Crippen molar-refractivity contribution in [3.05, 3.63) is 0 Å². The van der Waals surface area contributed by atoms with Gasteiger partial charge in [0.15, 0.2) is 0 Å². The van der Waals surface area contributed by atoms with Crippen LogP contribution < -0.4 is 5.32 Å². The number of carbonyl (C=O) groups is 2. The summed E-state index contributed by atoms with van der Waals surface area (Å²) in [6.45, 7) is 5.02. The number of nitrogens with one attached hydrogen (secondary N) is 1. The van der Waals surface area contributed by atoms with Crippen LogP contribution in [-0.2, 0) is 9.59 Å². The fourth-order valence-electron chi connectivity index (χ4n) is 0.703. The molecule has 0 fully saturated rings. The number of rotatable bonds is 5. The molecule has 1 atom stereocenters. The van der Waals surface area contributed by atoms with E-state index in [0.29, 0.717) is 6.42 Å². The fraction of sp³-hybridized carbons (Fsp3) is 0.778. The number of hydrogen-bond acceptors (Lipinski definition) is 3. The van der Waals surface area contributed by atoms with E-state index in [4.69, 9.17) is 0 Å². The Morgan fingerprint density at radius 2 is 2.00 bits per heavy atom. The van der Waals surface area contributed by atoms with Crippen LogP contribution in [0, 0.1) is 0 Å². The SMILES string of the molecule is CCC(C)(O)CNC(=O)CC(C)=O. The Hall–Kier alpha value is -0.900. The molecular formula is C9H17NO3. The lowest BCUT2D eigenvalue weighted by Crippen LogP contribution is -2.40. The molecule has 2 N–H and O–H groups in total. The van der Waals surface area contributed by atoms with Crippen molar-refractivity contribution in [2.75, 3.05) is 6.54 Å². The molecule has 1 unspecified atom stereocenters. The number of hydrogen-bond donors (Lipinski definition) is 2. The van der Waals surface area contributed by atoms with Crippen LogP contribution in [0.2, 0.25) is 0 Å². The van der Waals surface area contributed by atoms with Gasteiger partial charge in [-0.3, -0.25) is 9.59 Å². The van der Waals surface area contributed by atoms with E-state index >= 15 is 0 Å². The lowest BCUT2D eigenvalue weighted by molar-refractivity contribution is -0.127. The topological polar surface area (TPSA) is 66.4 Å². The average molecular weight is 187 g/mol. The predicted molar refractivity (Wildman–Crippen MR) is 49.2 cm³/mol. The van der Waals surface area contributed by atoms with Crippen molar-refractivity contribution in [1.29, 1.82) is 0 Å². The molecule has 0 bridgehead atoms. The van der Waals surface area contributed by atoms with Crippen LogP contribution in [0.3, 0.4) is 0 Å². The van der Waals surface area contributed by atoms with Crippen molar-refractivity contribution in [1.82, 2.24) is 5.32 Å². The van der Waals surface area contributed by atoms with Gasteiger partial charge in [0.1, 0.15) is 5.78 Å². The van der Waals surface area contributed by atoms with Crippen molar-refractivity contribution >= 4 is 11.7 Å². The van der Waals surface area contributed by atoms with Crippen molar-refractivity contribution in [3.63, 3.8) is 0 Å². The highest BCUT2D eigenvalue weighted by Crippen LogP contribution is 2.05. The van der Waals surface area contributed by atoms with E-state index < -0.39 is 5.60 Å². The maximum atomic E-state index is 11.0. The number of aliphatic hydroxyl groups is 1. The van der Waals surface area contributed by atoms with E-state index in [0.717, 1.165) is 0 Å². The standard InChI is InChI=1S/C9H17NO3/c1-4-9(3,13)6-10-8(12)5-7(2)11/h13H,4-6H2,1-3H3,(H,10,12). The van der Waals surface area contributed by atoms with E-state index in [2.05, 4.69) is 5.32 Å². The summed E-state index contributed by atoms with van der Waals surface area (Å²) in [7, 11) is 0. The van der Waals surface area contributed by atoms with E-state index in [9.17, 15) is 14.7 Å². The zero-order chi connectivity index (χ0) is 10.5. The summed E-state index contributed by atoms with van der Waals surface area (Å²) in [4.78, 5) is 21.5. The molecule has 0 aliphatic carbocycles. The highest BCUT2D eigenvalue weighted by atomic mass is 16.3. The molecule has 0 heterocycles. The molecule has 0 aromatic heterocycles. The molecule has 0 aromatic carbocycles. The zero-order valence-electron chi connectivity index (χ0n) is 8.39. The zero-order valence-corrected chi connectivity index (χ0v) is 8.39. The van der Waals surface area contributed by atoms with Crippen LogP contribution in [0.25, 0.3) is 0 Å². The average Bonchev–Trinajstić information content (AvgIpc) is 2.00. The summed E-state index contributed by atoms with van der Waals surface area (Å²) >= 11 is 0. The molecule has 0 aromatic rings. The van der Waals surface area contributed by atoms with E-state index in [1.54, 1.807) is 6.92 Å². The highest BCUT2D eigenvalue weighted by molar-refractivity contribution is 5.96. The highest BCUT2D eigenvalue weighted by Gasteiger charge is 2.18. The third kappa shape index (κ3) is 6.28. The number of ketones is 1. The first-order valence-electron chi connectivity index (χ1n) is 4.36. The fourth-order valence-corrected chi connectivity index (χ4v) is 0.703. The Morgan fingerprint density at radius 3 is 2.38 bits per heavy atom. The number of carbonyl (C=O) groups excluding carboxylic acids is 2. The summed E-state index contributed by atoms with van der Waals surface area (Å²) < 4.78 is 0. The minimum Gasteiger partial charge on any atom is -0.388 e. The molecule has 4 heteroatoms. The van der Waals surface area contributed by atoms with Crippen molar-refractivity contribution in [2.24, 2.45) is 0 Å². The maximum Gasteiger partial charge on any atom is 0.227 e. The first-order valence-corrected chi connectivity index (χ1v) is 4.36. The summed E-state index contributed by atoms with van der Waals surface area (Å²) in [5.41, 5.74) is -0.882. The normalized spacial score (nSPS) is 14.8. The molecule has 0 aliphatic rings. The molecule has 0 radical (unpaired) electrons. The summed E-state index contributed by atoms with van der Waals surface area (Å²) in [6, 6.07) is 0. The number of amides is 1. The van der Waals surface area contributed by atoms with E-state index in [1.165, 1.54) is 6.92 Å². The molecule has 0 saturated heterocycles. The largest absolute Gasteiger partial charge is 0.388 e. The van der Waals surface area contributed by atoms with E-state index in [-0.39, 0.29) is 24.7 Å². The van der Waals surface area contributed by atoms with Gasteiger partial charge in [-0.05, 0) is 20.3 Å². The van der Waals surface area contributed by atoms with Crippen molar-refractivity contribution in [2.45, 2.75) is 39.2 Å². The Kier molecular flexibility index (Phi) is 4.62. The summed E-state index contributed by atoms with van der Waals surface area (Å²) in [5.74, 6) is -0.505. The second kappa shape index (κ2) is 4.97. The maximum absolute atomic E-state index is 11.0. The molecule has 0 saturated carbocycles. The van der Waals surface area contributed by atoms with E-state index in [1.807, 2.05) is 6.92 Å². The first kappa shape index (κ1) is 12.1. The van der Waals surface area contributed by atoms with Gasteiger partial charge >= 0.3 is 0 Å². The smallest absolute Gasteiger partial charge is 0.227 e. The van der Waals surface area contributed by atoms with Gasteiger partial charge in [0.2, 0.25) is 5.91 Å². The second-order valence-corrected chi connectivity index (χ2v) is 3.51. The van der Waals surface area contributed by atoms with Gasteiger partial charge in [0.25, 0.3) is 0 Å². The van der Waals surface area contributed by atoms with Gasteiger partial charge in [0.05, 0.1) is 12.0 Å². The van der Waals surface area contributed by atoms with Crippen LogP contribution in [0.1, 0.15) is 33.6 Å². The Balaban J connectivity index is 3.76. The first-order chi connectivity index (χ1) is 5.87. The molecule has 13 heavy (non-hydrogen) atoms. The molecule has 0 spiro atoms. The van der Waals surface area contributed by atoms with Gasteiger partial charge in [0, 0.05) is 6.54 Å². The molecule has 0 aliphatic heterocycles. The van der Waals surface area contributed by atoms with Crippen molar-refractivity contribution in [3.8, 4) is 0 Å². The van der Waals surface area contributed by atoms with Gasteiger partial charge < -0.3 is 10.4 Å². The third-order valence-corrected chi connectivity index (χ3v) is 1.84. The lowest BCUT2D eigenvalue weighted by Gasteiger charge is -2.21. The Bertz CT molecular complexity index is 199. The minimum atomic E-state index is -0.882. The van der Waals surface area contributed by atoms with Crippen LogP contribution in [0.4, 0.5) is 0 Å². The van der Waals surface area contributed by atoms with Crippen LogP contribution in [0.5, 0.6) is 0 Å². The summed E-state index contributed by atoms with van der Waals surface area (Å²) in [6.07, 6.45) is 0.452. The molecular weight excluding hydrogens is 170 g/mol. The molecule has 0 rings (SSSR count). The molecule has 76 valence electrons. The molecule has 1 amide bonds. The van der Waals surface area contributed by atoms with Gasteiger partial charge in [-0.1, -0.05) is 6.92 Å². The Labute approximate surface area is 78.3 Å². The van der Waals surface area contributed by atoms with Crippen LogP contribution in [0.15, 0.2) is 0 Å². The van der Waals surface area contributed by atoms with Crippen molar-refractivity contribution < 1.29 is 14.7 Å².